The Morgan fingerprint density at radius 2 is 1.75 bits per heavy atom. The van der Waals surface area contributed by atoms with Crippen LogP contribution in [-0.4, -0.2) is 5.91 Å². The van der Waals surface area contributed by atoms with Gasteiger partial charge in [0.05, 0.1) is 10.0 Å². The third kappa shape index (κ3) is 3.48. The van der Waals surface area contributed by atoms with Crippen molar-refractivity contribution in [2.75, 3.05) is 5.32 Å². The number of hydrogen-bond donors (Lipinski definition) is 1. The Balaban J connectivity index is 1.82. The molecule has 5 heteroatoms. The van der Waals surface area contributed by atoms with Gasteiger partial charge in [-0.3, -0.25) is 4.79 Å². The molecule has 0 atom stereocenters. The van der Waals surface area contributed by atoms with Gasteiger partial charge in [-0.25, -0.2) is 0 Å². The largest absolute Gasteiger partial charge is 0.451 e. The van der Waals surface area contributed by atoms with Gasteiger partial charge in [-0.05, 0) is 55.8 Å². The minimum atomic E-state index is -0.298. The van der Waals surface area contributed by atoms with Crippen molar-refractivity contribution in [1.29, 1.82) is 0 Å². The summed E-state index contributed by atoms with van der Waals surface area (Å²) in [6, 6.07) is 14.4. The number of benzene rings is 2. The van der Waals surface area contributed by atoms with E-state index in [1.54, 1.807) is 30.3 Å². The summed E-state index contributed by atoms with van der Waals surface area (Å²) in [5.74, 6) is 0.489. The number of anilines is 1. The minimum absolute atomic E-state index is 0.232. The van der Waals surface area contributed by atoms with E-state index in [1.807, 2.05) is 32.0 Å². The summed E-state index contributed by atoms with van der Waals surface area (Å²) >= 11 is 11.9. The number of carbonyl (C=O) groups excluding carboxylic acids is 1. The Labute approximate surface area is 150 Å². The fourth-order valence-corrected chi connectivity index (χ4v) is 2.70. The molecule has 3 aromatic rings. The summed E-state index contributed by atoms with van der Waals surface area (Å²) in [5.41, 5.74) is 3.66. The van der Waals surface area contributed by atoms with Gasteiger partial charge in [0.2, 0.25) is 0 Å². The smallest absolute Gasteiger partial charge is 0.291 e. The van der Waals surface area contributed by atoms with Gasteiger partial charge in [0.1, 0.15) is 5.76 Å². The van der Waals surface area contributed by atoms with Crippen molar-refractivity contribution in [2.24, 2.45) is 0 Å². The fourth-order valence-electron chi connectivity index (χ4n) is 2.40. The van der Waals surface area contributed by atoms with Crippen molar-refractivity contribution in [2.45, 2.75) is 13.8 Å². The molecule has 1 heterocycles. The summed E-state index contributed by atoms with van der Waals surface area (Å²) in [6.45, 7) is 3.96. The van der Waals surface area contributed by atoms with Crippen LogP contribution in [-0.2, 0) is 0 Å². The average Bonchev–Trinajstić information content (AvgIpc) is 3.03. The first-order valence-corrected chi connectivity index (χ1v) is 8.13. The van der Waals surface area contributed by atoms with Gasteiger partial charge in [0.15, 0.2) is 5.76 Å². The van der Waals surface area contributed by atoms with Crippen LogP contribution in [0.5, 0.6) is 0 Å². The van der Waals surface area contributed by atoms with Crippen molar-refractivity contribution < 1.29 is 9.21 Å². The maximum absolute atomic E-state index is 12.4. The lowest BCUT2D eigenvalue weighted by Crippen LogP contribution is -2.11. The highest BCUT2D eigenvalue weighted by Crippen LogP contribution is 2.29. The van der Waals surface area contributed by atoms with Crippen LogP contribution >= 0.6 is 23.2 Å². The summed E-state index contributed by atoms with van der Waals surface area (Å²) in [6.07, 6.45) is 0. The molecule has 0 unspecified atom stereocenters. The number of carbonyl (C=O) groups is 1. The molecule has 0 saturated heterocycles. The summed E-state index contributed by atoms with van der Waals surface area (Å²) in [5, 5.41) is 3.77. The molecule has 2 aromatic carbocycles. The molecule has 0 saturated carbocycles. The van der Waals surface area contributed by atoms with Crippen LogP contribution in [0.25, 0.3) is 11.3 Å². The molecule has 24 heavy (non-hydrogen) atoms. The highest BCUT2D eigenvalue weighted by Gasteiger charge is 2.14. The molecule has 0 aliphatic heterocycles. The van der Waals surface area contributed by atoms with Gasteiger partial charge in [0, 0.05) is 11.3 Å². The normalized spacial score (nSPS) is 10.7. The number of amides is 1. The van der Waals surface area contributed by atoms with Crippen molar-refractivity contribution in [1.82, 2.24) is 0 Å². The van der Waals surface area contributed by atoms with Gasteiger partial charge in [0.25, 0.3) is 5.91 Å². The van der Waals surface area contributed by atoms with Crippen molar-refractivity contribution in [3.63, 3.8) is 0 Å². The number of nitrogens with one attached hydrogen (secondary N) is 1. The zero-order valence-corrected chi connectivity index (χ0v) is 14.7. The Morgan fingerprint density at radius 3 is 2.46 bits per heavy atom. The van der Waals surface area contributed by atoms with Crippen LogP contribution in [0.15, 0.2) is 52.9 Å². The second kappa shape index (κ2) is 6.71. The Hall–Kier alpha value is -2.23. The molecule has 3 rings (SSSR count). The highest BCUT2D eigenvalue weighted by atomic mass is 35.5. The standard InChI is InChI=1S/C19H15Cl2NO2/c1-11-3-6-16(12(2)9-11)22-19(23)18-8-7-17(24-18)13-4-5-14(20)15(21)10-13/h3-10H,1-2H3,(H,22,23). The summed E-state index contributed by atoms with van der Waals surface area (Å²) < 4.78 is 5.65. The van der Waals surface area contributed by atoms with Crippen molar-refractivity contribution in [3.8, 4) is 11.3 Å². The number of rotatable bonds is 3. The SMILES string of the molecule is Cc1ccc(NC(=O)c2ccc(-c3ccc(Cl)c(Cl)c3)o2)c(C)c1. The Kier molecular flexibility index (Phi) is 4.65. The third-order valence-electron chi connectivity index (χ3n) is 3.66. The number of furan rings is 1. The Morgan fingerprint density at radius 1 is 0.958 bits per heavy atom. The van der Waals surface area contributed by atoms with Crippen LogP contribution in [0.3, 0.4) is 0 Å². The van der Waals surface area contributed by atoms with E-state index in [1.165, 1.54) is 0 Å². The molecule has 1 N–H and O–H groups in total. The minimum Gasteiger partial charge on any atom is -0.451 e. The average molecular weight is 360 g/mol. The zero-order chi connectivity index (χ0) is 17.3. The van der Waals surface area contributed by atoms with Gasteiger partial charge in [-0.1, -0.05) is 40.9 Å². The lowest BCUT2D eigenvalue weighted by atomic mass is 10.1. The molecule has 0 spiro atoms. The lowest BCUT2D eigenvalue weighted by Gasteiger charge is -2.07. The van der Waals surface area contributed by atoms with Crippen molar-refractivity contribution in [3.05, 3.63) is 75.5 Å². The number of halogens is 2. The van der Waals surface area contributed by atoms with Gasteiger partial charge < -0.3 is 9.73 Å². The molecule has 122 valence electrons. The summed E-state index contributed by atoms with van der Waals surface area (Å²) in [7, 11) is 0. The topological polar surface area (TPSA) is 42.2 Å². The highest BCUT2D eigenvalue weighted by molar-refractivity contribution is 6.42. The number of aryl methyl sites for hydroxylation is 2. The van der Waals surface area contributed by atoms with E-state index in [0.29, 0.717) is 15.8 Å². The molecule has 0 bridgehead atoms. The van der Waals surface area contributed by atoms with Crippen LogP contribution in [0.2, 0.25) is 10.0 Å². The first-order chi connectivity index (χ1) is 11.4. The molecule has 0 aliphatic rings. The predicted octanol–water partition coefficient (Wildman–Crippen LogP) is 6.12. The van der Waals surface area contributed by atoms with Crippen LogP contribution in [0.1, 0.15) is 21.7 Å². The second-order valence-corrected chi connectivity index (χ2v) is 6.38. The molecular weight excluding hydrogens is 345 g/mol. The van der Waals surface area contributed by atoms with E-state index in [4.69, 9.17) is 27.6 Å². The quantitative estimate of drug-likeness (QED) is 0.611. The van der Waals surface area contributed by atoms with E-state index in [9.17, 15) is 4.79 Å². The molecule has 0 aliphatic carbocycles. The maximum atomic E-state index is 12.4. The van der Waals surface area contributed by atoms with E-state index in [2.05, 4.69) is 5.32 Å². The molecule has 1 amide bonds. The molecule has 0 fully saturated rings. The number of hydrogen-bond acceptors (Lipinski definition) is 2. The first-order valence-electron chi connectivity index (χ1n) is 7.38. The monoisotopic (exact) mass is 359 g/mol. The molecule has 3 nitrogen and oxygen atoms in total. The predicted molar refractivity (Wildman–Crippen MR) is 98.0 cm³/mol. The Bertz CT molecular complexity index is 915. The van der Waals surface area contributed by atoms with Crippen LogP contribution in [0, 0.1) is 13.8 Å². The molecule has 1 aromatic heterocycles. The second-order valence-electron chi connectivity index (χ2n) is 5.57. The fraction of sp³-hybridized carbons (Fsp3) is 0.105. The molecular formula is C19H15Cl2NO2. The van der Waals surface area contributed by atoms with Crippen molar-refractivity contribution >= 4 is 34.8 Å². The van der Waals surface area contributed by atoms with Crippen LogP contribution < -0.4 is 5.32 Å². The zero-order valence-electron chi connectivity index (χ0n) is 13.2. The van der Waals surface area contributed by atoms with Gasteiger partial charge >= 0.3 is 0 Å². The maximum Gasteiger partial charge on any atom is 0.291 e. The van der Waals surface area contributed by atoms with Crippen LogP contribution in [0.4, 0.5) is 5.69 Å². The first kappa shape index (κ1) is 16.6. The van der Waals surface area contributed by atoms with E-state index >= 15 is 0 Å². The van der Waals surface area contributed by atoms with Gasteiger partial charge in [-0.2, -0.15) is 0 Å². The summed E-state index contributed by atoms with van der Waals surface area (Å²) in [4.78, 5) is 12.4. The third-order valence-corrected chi connectivity index (χ3v) is 4.40. The molecule has 0 radical (unpaired) electrons. The lowest BCUT2D eigenvalue weighted by molar-refractivity contribution is 0.0997. The van der Waals surface area contributed by atoms with E-state index in [0.717, 1.165) is 22.4 Å². The van der Waals surface area contributed by atoms with Gasteiger partial charge in [-0.15, -0.1) is 0 Å². The van der Waals surface area contributed by atoms with E-state index < -0.39 is 0 Å². The van der Waals surface area contributed by atoms with E-state index in [-0.39, 0.29) is 11.7 Å².